The van der Waals surface area contributed by atoms with Crippen LogP contribution in [0.5, 0.6) is 0 Å². The van der Waals surface area contributed by atoms with E-state index in [1.165, 1.54) is 24.3 Å². The first-order valence-corrected chi connectivity index (χ1v) is 8.73. The van der Waals surface area contributed by atoms with Gasteiger partial charge in [0.25, 0.3) is 0 Å². The lowest BCUT2D eigenvalue weighted by Crippen LogP contribution is -2.45. The van der Waals surface area contributed by atoms with E-state index < -0.39 is 11.9 Å². The molecule has 0 radical (unpaired) electrons. The average Bonchev–Trinajstić information content (AvgIpc) is 2.67. The SMILES string of the molecule is Fc1ccc(CN2CCN(Cc3ccc(F)cc3)CC2)cc1.O=C(O)C(=O)O. The Morgan fingerprint density at radius 1 is 0.679 bits per heavy atom. The number of benzene rings is 2. The van der Waals surface area contributed by atoms with E-state index in [-0.39, 0.29) is 11.6 Å². The number of carbonyl (C=O) groups is 2. The van der Waals surface area contributed by atoms with Gasteiger partial charge in [-0.3, -0.25) is 9.80 Å². The molecule has 1 aliphatic heterocycles. The second kappa shape index (κ2) is 10.5. The zero-order valence-corrected chi connectivity index (χ0v) is 15.2. The van der Waals surface area contributed by atoms with E-state index in [1.807, 2.05) is 24.3 Å². The van der Waals surface area contributed by atoms with E-state index in [0.717, 1.165) is 50.4 Å². The highest BCUT2D eigenvalue weighted by molar-refractivity contribution is 6.27. The maximum absolute atomic E-state index is 12.9. The lowest BCUT2D eigenvalue weighted by atomic mass is 10.1. The van der Waals surface area contributed by atoms with Crippen LogP contribution in [0.25, 0.3) is 0 Å². The molecule has 0 aromatic heterocycles. The first-order valence-electron chi connectivity index (χ1n) is 8.73. The van der Waals surface area contributed by atoms with Gasteiger partial charge in [0.1, 0.15) is 11.6 Å². The normalized spacial score (nSPS) is 14.8. The number of piperazine rings is 1. The van der Waals surface area contributed by atoms with Crippen LogP contribution >= 0.6 is 0 Å². The number of hydrogen-bond donors (Lipinski definition) is 2. The Labute approximate surface area is 161 Å². The highest BCUT2D eigenvalue weighted by Gasteiger charge is 2.17. The Morgan fingerprint density at radius 3 is 1.21 bits per heavy atom. The van der Waals surface area contributed by atoms with Crippen LogP contribution in [0.1, 0.15) is 11.1 Å². The molecule has 3 rings (SSSR count). The molecule has 150 valence electrons. The Bertz CT molecular complexity index is 706. The fourth-order valence-corrected chi connectivity index (χ4v) is 2.80. The van der Waals surface area contributed by atoms with Crippen molar-refractivity contribution >= 4 is 11.9 Å². The van der Waals surface area contributed by atoms with Gasteiger partial charge >= 0.3 is 11.9 Å². The lowest BCUT2D eigenvalue weighted by molar-refractivity contribution is -0.159. The lowest BCUT2D eigenvalue weighted by Gasteiger charge is -2.34. The molecule has 1 fully saturated rings. The standard InChI is InChI=1S/C18H20F2N2.C2H2O4/c19-17-5-1-15(2-6-17)13-21-9-11-22(12-10-21)14-16-3-7-18(20)8-4-16;3-1(4)2(5)6/h1-8H,9-14H2;(H,3,4)(H,5,6). The van der Waals surface area contributed by atoms with Gasteiger partial charge in [-0.25, -0.2) is 18.4 Å². The van der Waals surface area contributed by atoms with Crippen molar-refractivity contribution in [2.75, 3.05) is 26.2 Å². The third kappa shape index (κ3) is 7.42. The molecule has 2 aromatic carbocycles. The minimum atomic E-state index is -1.82. The summed E-state index contributed by atoms with van der Waals surface area (Å²) in [5.74, 6) is -4.02. The largest absolute Gasteiger partial charge is 0.473 e. The summed E-state index contributed by atoms with van der Waals surface area (Å²) in [5, 5.41) is 14.8. The Balaban J connectivity index is 0.000000409. The van der Waals surface area contributed by atoms with Gasteiger partial charge in [0.05, 0.1) is 0 Å². The quantitative estimate of drug-likeness (QED) is 0.778. The van der Waals surface area contributed by atoms with E-state index in [1.54, 1.807) is 0 Å². The molecule has 1 saturated heterocycles. The fraction of sp³-hybridized carbons (Fsp3) is 0.300. The van der Waals surface area contributed by atoms with Crippen molar-refractivity contribution in [1.29, 1.82) is 0 Å². The van der Waals surface area contributed by atoms with Crippen LogP contribution in [-0.2, 0) is 22.7 Å². The summed E-state index contributed by atoms with van der Waals surface area (Å²) in [4.78, 5) is 23.0. The van der Waals surface area contributed by atoms with Gasteiger partial charge in [0.15, 0.2) is 0 Å². The first kappa shape index (κ1) is 21.5. The molecule has 0 bridgehead atoms. The summed E-state index contributed by atoms with van der Waals surface area (Å²) in [5.41, 5.74) is 2.29. The molecule has 0 atom stereocenters. The highest BCUT2D eigenvalue weighted by atomic mass is 19.1. The van der Waals surface area contributed by atoms with Gasteiger partial charge in [-0.1, -0.05) is 24.3 Å². The molecule has 0 amide bonds. The average molecular weight is 392 g/mol. The molecule has 2 aromatic rings. The van der Waals surface area contributed by atoms with E-state index in [4.69, 9.17) is 19.8 Å². The third-order valence-corrected chi connectivity index (χ3v) is 4.29. The summed E-state index contributed by atoms with van der Waals surface area (Å²) in [6, 6.07) is 13.4. The zero-order valence-electron chi connectivity index (χ0n) is 15.2. The van der Waals surface area contributed by atoms with Crippen molar-refractivity contribution in [3.05, 3.63) is 71.3 Å². The molecule has 28 heavy (non-hydrogen) atoms. The fourth-order valence-electron chi connectivity index (χ4n) is 2.80. The first-order chi connectivity index (χ1) is 13.3. The molecule has 0 aliphatic carbocycles. The predicted octanol–water partition coefficient (Wildman–Crippen LogP) is 2.44. The molecule has 1 aliphatic rings. The van der Waals surface area contributed by atoms with E-state index >= 15 is 0 Å². The van der Waals surface area contributed by atoms with E-state index in [0.29, 0.717) is 0 Å². The van der Waals surface area contributed by atoms with Gasteiger partial charge < -0.3 is 10.2 Å². The Hall–Kier alpha value is -2.84. The minimum Gasteiger partial charge on any atom is -0.473 e. The maximum Gasteiger partial charge on any atom is 0.414 e. The summed E-state index contributed by atoms with van der Waals surface area (Å²) >= 11 is 0. The number of halogens is 2. The van der Waals surface area contributed by atoms with Gasteiger partial charge in [-0.05, 0) is 35.4 Å². The number of rotatable bonds is 4. The van der Waals surface area contributed by atoms with E-state index in [2.05, 4.69) is 9.80 Å². The van der Waals surface area contributed by atoms with Gasteiger partial charge in [-0.2, -0.15) is 0 Å². The third-order valence-electron chi connectivity index (χ3n) is 4.29. The molecule has 0 spiro atoms. The molecule has 8 heteroatoms. The molecule has 0 unspecified atom stereocenters. The van der Waals surface area contributed by atoms with Gasteiger partial charge in [-0.15, -0.1) is 0 Å². The molecule has 0 saturated carbocycles. The van der Waals surface area contributed by atoms with Crippen LogP contribution in [0, 0.1) is 11.6 Å². The molecular weight excluding hydrogens is 370 g/mol. The maximum atomic E-state index is 12.9. The molecule has 1 heterocycles. The number of hydrogen-bond acceptors (Lipinski definition) is 4. The summed E-state index contributed by atoms with van der Waals surface area (Å²) in [6.45, 7) is 5.73. The van der Waals surface area contributed by atoms with Crippen molar-refractivity contribution < 1.29 is 28.6 Å². The Kier molecular flexibility index (Phi) is 8.03. The topological polar surface area (TPSA) is 81.1 Å². The van der Waals surface area contributed by atoms with Crippen molar-refractivity contribution in [3.8, 4) is 0 Å². The summed E-state index contributed by atoms with van der Waals surface area (Å²) in [7, 11) is 0. The highest BCUT2D eigenvalue weighted by Crippen LogP contribution is 2.12. The second-order valence-electron chi connectivity index (χ2n) is 6.42. The molecular formula is C20H22F2N2O4. The molecule has 2 N–H and O–H groups in total. The Morgan fingerprint density at radius 2 is 0.964 bits per heavy atom. The van der Waals surface area contributed by atoms with Crippen molar-refractivity contribution in [1.82, 2.24) is 9.80 Å². The summed E-state index contributed by atoms with van der Waals surface area (Å²) in [6.07, 6.45) is 0. The van der Waals surface area contributed by atoms with Gasteiger partial charge in [0, 0.05) is 39.3 Å². The second-order valence-corrected chi connectivity index (χ2v) is 6.42. The van der Waals surface area contributed by atoms with Crippen LogP contribution in [0.4, 0.5) is 8.78 Å². The minimum absolute atomic E-state index is 0.187. The smallest absolute Gasteiger partial charge is 0.414 e. The van der Waals surface area contributed by atoms with Crippen LogP contribution in [0.3, 0.4) is 0 Å². The summed E-state index contributed by atoms with van der Waals surface area (Å²) < 4.78 is 25.8. The monoisotopic (exact) mass is 392 g/mol. The van der Waals surface area contributed by atoms with Crippen LogP contribution in [-0.4, -0.2) is 58.1 Å². The van der Waals surface area contributed by atoms with Gasteiger partial charge in [0.2, 0.25) is 0 Å². The van der Waals surface area contributed by atoms with Crippen LogP contribution < -0.4 is 0 Å². The van der Waals surface area contributed by atoms with Crippen molar-refractivity contribution in [2.45, 2.75) is 13.1 Å². The van der Waals surface area contributed by atoms with Crippen LogP contribution in [0.15, 0.2) is 48.5 Å². The predicted molar refractivity (Wildman–Crippen MR) is 98.6 cm³/mol. The number of carboxylic acid groups (broad SMARTS) is 2. The van der Waals surface area contributed by atoms with Crippen LogP contribution in [0.2, 0.25) is 0 Å². The van der Waals surface area contributed by atoms with Crippen molar-refractivity contribution in [2.24, 2.45) is 0 Å². The number of aliphatic carboxylic acids is 2. The molecule has 6 nitrogen and oxygen atoms in total. The zero-order chi connectivity index (χ0) is 20.5. The van der Waals surface area contributed by atoms with E-state index in [9.17, 15) is 8.78 Å². The number of carboxylic acids is 2. The number of nitrogens with zero attached hydrogens (tertiary/aromatic N) is 2. The van der Waals surface area contributed by atoms with Crippen molar-refractivity contribution in [3.63, 3.8) is 0 Å².